The van der Waals surface area contributed by atoms with Crippen LogP contribution in [0, 0.1) is 0 Å². The Kier molecular flexibility index (Phi) is 5.28. The zero-order valence-corrected chi connectivity index (χ0v) is 14.9. The highest BCUT2D eigenvalue weighted by molar-refractivity contribution is 8.26. The maximum atomic E-state index is 12.7. The highest BCUT2D eigenvalue weighted by Gasteiger charge is 2.35. The molecular formula is C20H17NOS2. The predicted octanol–water partition coefficient (Wildman–Crippen LogP) is 5.21. The van der Waals surface area contributed by atoms with Crippen molar-refractivity contribution >= 4 is 40.3 Å². The number of carbonyl (C=O) groups excluding carboxylic acids is 1. The van der Waals surface area contributed by atoms with Crippen LogP contribution in [0.2, 0.25) is 0 Å². The Hall–Kier alpha value is -2.17. The van der Waals surface area contributed by atoms with Crippen molar-refractivity contribution in [3.8, 4) is 0 Å². The van der Waals surface area contributed by atoms with Crippen LogP contribution in [-0.2, 0) is 4.79 Å². The van der Waals surface area contributed by atoms with E-state index in [9.17, 15) is 4.79 Å². The Morgan fingerprint density at radius 1 is 1.04 bits per heavy atom. The summed E-state index contributed by atoms with van der Waals surface area (Å²) in [5, 5.41) is 0. The van der Waals surface area contributed by atoms with Gasteiger partial charge in [-0.2, -0.15) is 0 Å². The summed E-state index contributed by atoms with van der Waals surface area (Å²) in [6.07, 6.45) is 5.71. The number of amides is 1. The fourth-order valence-corrected chi connectivity index (χ4v) is 3.89. The molecule has 1 fully saturated rings. The molecule has 2 nitrogen and oxygen atoms in total. The molecule has 0 aliphatic carbocycles. The number of benzene rings is 2. The summed E-state index contributed by atoms with van der Waals surface area (Å²) in [5.41, 5.74) is 2.18. The molecule has 1 aliphatic heterocycles. The van der Waals surface area contributed by atoms with E-state index >= 15 is 0 Å². The first kappa shape index (κ1) is 16.7. The second-order valence-electron chi connectivity index (χ2n) is 5.43. The highest BCUT2D eigenvalue weighted by Crippen LogP contribution is 2.36. The van der Waals surface area contributed by atoms with Crippen LogP contribution in [0.15, 0.2) is 77.7 Å². The van der Waals surface area contributed by atoms with Crippen molar-refractivity contribution in [3.05, 3.63) is 88.8 Å². The summed E-state index contributed by atoms with van der Waals surface area (Å²) in [7, 11) is 0. The second kappa shape index (κ2) is 7.60. The third-order valence-corrected chi connectivity index (χ3v) is 5.18. The summed E-state index contributed by atoms with van der Waals surface area (Å²) in [4.78, 5) is 15.0. The highest BCUT2D eigenvalue weighted by atomic mass is 32.2. The Balaban J connectivity index is 1.76. The van der Waals surface area contributed by atoms with Gasteiger partial charge in [0.15, 0.2) is 0 Å². The Morgan fingerprint density at radius 3 is 2.33 bits per heavy atom. The third kappa shape index (κ3) is 3.66. The number of thioether (sulfide) groups is 1. The number of thiocarbonyl (C=S) groups is 1. The molecule has 0 radical (unpaired) electrons. The smallest absolute Gasteiger partial charge is 0.266 e. The monoisotopic (exact) mass is 351 g/mol. The molecule has 0 bridgehead atoms. The van der Waals surface area contributed by atoms with Crippen LogP contribution in [-0.4, -0.2) is 15.1 Å². The van der Waals surface area contributed by atoms with Gasteiger partial charge < -0.3 is 0 Å². The quantitative estimate of drug-likeness (QED) is 0.557. The molecule has 0 aromatic heterocycles. The van der Waals surface area contributed by atoms with Crippen LogP contribution < -0.4 is 0 Å². The van der Waals surface area contributed by atoms with Gasteiger partial charge in [-0.25, -0.2) is 0 Å². The summed E-state index contributed by atoms with van der Waals surface area (Å²) in [5.74, 6) is -0.0286. The van der Waals surface area contributed by atoms with Crippen LogP contribution in [0.3, 0.4) is 0 Å². The second-order valence-corrected chi connectivity index (χ2v) is 7.11. The molecule has 1 amide bonds. The van der Waals surface area contributed by atoms with Crippen LogP contribution in [0.25, 0.3) is 6.08 Å². The topological polar surface area (TPSA) is 20.3 Å². The third-order valence-electron chi connectivity index (χ3n) is 3.83. The number of hydrogen-bond acceptors (Lipinski definition) is 3. The molecule has 1 atom stereocenters. The van der Waals surface area contributed by atoms with Gasteiger partial charge in [-0.1, -0.05) is 96.8 Å². The molecule has 24 heavy (non-hydrogen) atoms. The predicted molar refractivity (Wildman–Crippen MR) is 105 cm³/mol. The van der Waals surface area contributed by atoms with Gasteiger partial charge in [0.2, 0.25) is 0 Å². The minimum atomic E-state index is -0.0669. The van der Waals surface area contributed by atoms with E-state index in [-0.39, 0.29) is 11.9 Å². The van der Waals surface area contributed by atoms with Gasteiger partial charge in [0, 0.05) is 0 Å². The molecule has 2 aromatic rings. The van der Waals surface area contributed by atoms with Crippen LogP contribution in [0.4, 0.5) is 0 Å². The van der Waals surface area contributed by atoms with E-state index in [1.54, 1.807) is 4.90 Å². The van der Waals surface area contributed by atoms with Crippen molar-refractivity contribution in [1.29, 1.82) is 0 Å². The fraction of sp³-hybridized carbons (Fsp3) is 0.100. The maximum Gasteiger partial charge on any atom is 0.266 e. The van der Waals surface area contributed by atoms with Gasteiger partial charge in [-0.05, 0) is 24.1 Å². The van der Waals surface area contributed by atoms with Crippen molar-refractivity contribution in [3.63, 3.8) is 0 Å². The molecule has 1 unspecified atom stereocenters. The SMILES string of the molecule is CC(c1ccccc1)N1C(=O)C(=CC=Cc2ccccc2)SC1=S. The molecule has 0 N–H and O–H groups in total. The van der Waals surface area contributed by atoms with Crippen molar-refractivity contribution in [2.24, 2.45) is 0 Å². The summed E-state index contributed by atoms with van der Waals surface area (Å²) < 4.78 is 0.607. The number of nitrogens with zero attached hydrogens (tertiary/aromatic N) is 1. The van der Waals surface area contributed by atoms with Crippen molar-refractivity contribution in [2.75, 3.05) is 0 Å². The molecule has 2 aromatic carbocycles. The van der Waals surface area contributed by atoms with Crippen LogP contribution in [0.5, 0.6) is 0 Å². The molecular weight excluding hydrogens is 334 g/mol. The number of carbonyl (C=O) groups is 1. The first-order chi connectivity index (χ1) is 11.7. The van der Waals surface area contributed by atoms with E-state index in [2.05, 4.69) is 0 Å². The molecule has 0 spiro atoms. The van der Waals surface area contributed by atoms with E-state index in [4.69, 9.17) is 12.2 Å². The van der Waals surface area contributed by atoms with E-state index in [0.717, 1.165) is 11.1 Å². The molecule has 4 heteroatoms. The van der Waals surface area contributed by atoms with Gasteiger partial charge in [0.1, 0.15) is 4.32 Å². The Labute approximate surface area is 151 Å². The van der Waals surface area contributed by atoms with E-state index < -0.39 is 0 Å². The average Bonchev–Trinajstić information content (AvgIpc) is 2.90. The number of allylic oxidation sites excluding steroid dienone is 2. The van der Waals surface area contributed by atoms with Gasteiger partial charge in [-0.3, -0.25) is 9.69 Å². The Morgan fingerprint density at radius 2 is 1.67 bits per heavy atom. The molecule has 0 saturated carbocycles. The maximum absolute atomic E-state index is 12.7. The lowest BCUT2D eigenvalue weighted by Gasteiger charge is -2.23. The standard InChI is InChI=1S/C20H17NOS2/c1-15(17-12-6-3-7-13-17)21-19(22)18(24-20(21)23)14-8-11-16-9-4-2-5-10-16/h2-15H,1H3. The lowest BCUT2D eigenvalue weighted by atomic mass is 10.1. The van der Waals surface area contributed by atoms with E-state index in [1.807, 2.05) is 85.8 Å². The lowest BCUT2D eigenvalue weighted by molar-refractivity contribution is -0.123. The van der Waals surface area contributed by atoms with Crippen molar-refractivity contribution in [2.45, 2.75) is 13.0 Å². The molecule has 1 heterocycles. The minimum Gasteiger partial charge on any atom is -0.286 e. The summed E-state index contributed by atoms with van der Waals surface area (Å²) >= 11 is 6.78. The van der Waals surface area contributed by atoms with E-state index in [0.29, 0.717) is 9.23 Å². The molecule has 1 saturated heterocycles. The first-order valence-corrected chi connectivity index (χ1v) is 8.93. The average molecular weight is 351 g/mol. The fourth-order valence-electron chi connectivity index (χ4n) is 2.52. The summed E-state index contributed by atoms with van der Waals surface area (Å²) in [6.45, 7) is 2.00. The van der Waals surface area contributed by atoms with Gasteiger partial charge in [0.05, 0.1) is 10.9 Å². The number of rotatable bonds is 4. The van der Waals surface area contributed by atoms with Crippen molar-refractivity contribution < 1.29 is 4.79 Å². The molecule has 1 aliphatic rings. The van der Waals surface area contributed by atoms with Gasteiger partial charge in [-0.15, -0.1) is 0 Å². The van der Waals surface area contributed by atoms with Crippen LogP contribution >= 0.6 is 24.0 Å². The molecule has 3 rings (SSSR count). The Bertz CT molecular complexity index is 797. The minimum absolute atomic E-state index is 0.0286. The largest absolute Gasteiger partial charge is 0.286 e. The lowest BCUT2D eigenvalue weighted by Crippen LogP contribution is -2.30. The zero-order valence-electron chi connectivity index (χ0n) is 13.3. The van der Waals surface area contributed by atoms with Crippen molar-refractivity contribution in [1.82, 2.24) is 4.90 Å². The summed E-state index contributed by atoms with van der Waals surface area (Å²) in [6, 6.07) is 19.9. The van der Waals surface area contributed by atoms with Crippen LogP contribution in [0.1, 0.15) is 24.1 Å². The normalized spacial score (nSPS) is 17.9. The van der Waals surface area contributed by atoms with Gasteiger partial charge in [0.25, 0.3) is 5.91 Å². The van der Waals surface area contributed by atoms with Gasteiger partial charge >= 0.3 is 0 Å². The molecule has 120 valence electrons. The first-order valence-electron chi connectivity index (χ1n) is 7.70. The van der Waals surface area contributed by atoms with E-state index in [1.165, 1.54) is 11.8 Å². The zero-order chi connectivity index (χ0) is 16.9. The number of hydrogen-bond donors (Lipinski definition) is 0.